The van der Waals surface area contributed by atoms with E-state index in [0.717, 1.165) is 21.7 Å². The summed E-state index contributed by atoms with van der Waals surface area (Å²) in [7, 11) is 3.18. The summed E-state index contributed by atoms with van der Waals surface area (Å²) >= 11 is 1.61. The van der Waals surface area contributed by atoms with E-state index in [9.17, 15) is 9.59 Å². The first-order valence-corrected chi connectivity index (χ1v) is 12.3. The van der Waals surface area contributed by atoms with Crippen molar-refractivity contribution >= 4 is 29.3 Å². The minimum absolute atomic E-state index is 0.0275. The largest absolute Gasteiger partial charge is 0.496 e. The van der Waals surface area contributed by atoms with E-state index >= 15 is 0 Å². The van der Waals surface area contributed by atoms with Crippen molar-refractivity contribution in [2.45, 2.75) is 38.0 Å². The van der Waals surface area contributed by atoms with Crippen molar-refractivity contribution in [1.82, 2.24) is 5.32 Å². The number of hydrogen-bond acceptors (Lipinski definition) is 5. The summed E-state index contributed by atoms with van der Waals surface area (Å²) in [5, 5.41) is 5.99. The number of nitrogens with one attached hydrogen (secondary N) is 2. The molecule has 2 amide bonds. The fourth-order valence-corrected chi connectivity index (χ4v) is 4.30. The van der Waals surface area contributed by atoms with Crippen molar-refractivity contribution in [3.63, 3.8) is 0 Å². The summed E-state index contributed by atoms with van der Waals surface area (Å²) in [5.41, 5.74) is 2.70. The van der Waals surface area contributed by atoms with Crippen LogP contribution in [0.15, 0.2) is 71.6 Å². The zero-order chi connectivity index (χ0) is 25.4. The quantitative estimate of drug-likeness (QED) is 0.363. The zero-order valence-corrected chi connectivity index (χ0v) is 21.6. The highest BCUT2D eigenvalue weighted by Crippen LogP contribution is 2.30. The van der Waals surface area contributed by atoms with Crippen molar-refractivity contribution in [3.05, 3.63) is 83.4 Å². The summed E-state index contributed by atoms with van der Waals surface area (Å²) in [6, 6.07) is 20.8. The Morgan fingerprint density at radius 3 is 2.20 bits per heavy atom. The Bertz CT molecular complexity index is 1170. The zero-order valence-electron chi connectivity index (χ0n) is 20.8. The van der Waals surface area contributed by atoms with E-state index in [1.54, 1.807) is 32.0 Å². The molecule has 0 unspecified atom stereocenters. The Morgan fingerprint density at radius 2 is 1.54 bits per heavy atom. The molecule has 0 bridgehead atoms. The maximum absolute atomic E-state index is 12.9. The van der Waals surface area contributed by atoms with Gasteiger partial charge in [-0.3, -0.25) is 9.59 Å². The van der Waals surface area contributed by atoms with Crippen LogP contribution in [0.25, 0.3) is 0 Å². The minimum atomic E-state index is -0.476. The molecule has 6 nitrogen and oxygen atoms in total. The van der Waals surface area contributed by atoms with Crippen LogP contribution < -0.4 is 20.1 Å². The van der Waals surface area contributed by atoms with E-state index in [0.29, 0.717) is 22.8 Å². The van der Waals surface area contributed by atoms with Gasteiger partial charge >= 0.3 is 0 Å². The van der Waals surface area contributed by atoms with Crippen LogP contribution in [0.5, 0.6) is 11.5 Å². The maximum Gasteiger partial charge on any atom is 0.251 e. The van der Waals surface area contributed by atoms with E-state index in [2.05, 4.69) is 10.6 Å². The second-order valence-electron chi connectivity index (χ2n) is 9.00. The Kier molecular flexibility index (Phi) is 8.82. The Hall–Kier alpha value is -3.45. The highest BCUT2D eigenvalue weighted by Gasteiger charge is 2.22. The number of amides is 2. The monoisotopic (exact) mass is 492 g/mol. The molecule has 0 heterocycles. The molecule has 2 N–H and O–H groups in total. The number of ether oxygens (including phenoxy) is 2. The molecule has 0 aliphatic rings. The topological polar surface area (TPSA) is 76.7 Å². The normalized spacial score (nSPS) is 11.0. The first-order chi connectivity index (χ1) is 16.7. The van der Waals surface area contributed by atoms with Crippen LogP contribution in [0.1, 0.15) is 42.3 Å². The number of anilines is 1. The second kappa shape index (κ2) is 11.8. The lowest BCUT2D eigenvalue weighted by Gasteiger charge is -2.19. The van der Waals surface area contributed by atoms with Crippen molar-refractivity contribution < 1.29 is 19.1 Å². The van der Waals surface area contributed by atoms with Gasteiger partial charge in [0.15, 0.2) is 0 Å². The van der Waals surface area contributed by atoms with Gasteiger partial charge in [0, 0.05) is 27.3 Å². The lowest BCUT2D eigenvalue weighted by molar-refractivity contribution is -0.123. The standard InChI is InChI=1S/C28H32N2O4S/c1-28(2,3)27(32)30-23-13-7-6-10-20(23)18-35-21-12-8-11-19(16-21)26(31)29-17-22-24(33-4)14-9-15-25(22)34-5/h6-16H,17-18H2,1-5H3,(H,29,31)(H,30,32). The van der Waals surface area contributed by atoms with Gasteiger partial charge in [-0.2, -0.15) is 0 Å². The number of rotatable bonds is 9. The third-order valence-corrected chi connectivity index (χ3v) is 6.44. The summed E-state index contributed by atoms with van der Waals surface area (Å²) < 4.78 is 10.8. The lowest BCUT2D eigenvalue weighted by atomic mass is 9.95. The van der Waals surface area contributed by atoms with Crippen molar-refractivity contribution in [1.29, 1.82) is 0 Å². The molecule has 3 rings (SSSR count). The SMILES string of the molecule is COc1cccc(OC)c1CNC(=O)c1cccc(SCc2ccccc2NC(=O)C(C)(C)C)c1. The van der Waals surface area contributed by atoms with E-state index in [4.69, 9.17) is 9.47 Å². The summed E-state index contributed by atoms with van der Waals surface area (Å²) in [4.78, 5) is 26.3. The molecule has 0 radical (unpaired) electrons. The fourth-order valence-electron chi connectivity index (χ4n) is 3.34. The molecule has 0 aliphatic heterocycles. The molecular formula is C28H32N2O4S. The Balaban J connectivity index is 1.67. The first-order valence-electron chi connectivity index (χ1n) is 11.3. The van der Waals surface area contributed by atoms with Crippen LogP contribution >= 0.6 is 11.8 Å². The number of methoxy groups -OCH3 is 2. The van der Waals surface area contributed by atoms with Gasteiger partial charge in [-0.1, -0.05) is 51.1 Å². The Labute approximate surface area is 211 Å². The lowest BCUT2D eigenvalue weighted by Crippen LogP contribution is -2.28. The van der Waals surface area contributed by atoms with Crippen LogP contribution in [0, 0.1) is 5.41 Å². The molecule has 0 saturated heterocycles. The molecule has 0 saturated carbocycles. The highest BCUT2D eigenvalue weighted by atomic mass is 32.2. The van der Waals surface area contributed by atoms with Crippen LogP contribution in [-0.2, 0) is 17.1 Å². The van der Waals surface area contributed by atoms with E-state index < -0.39 is 5.41 Å². The molecule has 7 heteroatoms. The molecule has 0 aliphatic carbocycles. The van der Waals surface area contributed by atoms with Crippen LogP contribution in [-0.4, -0.2) is 26.0 Å². The number of hydrogen-bond donors (Lipinski definition) is 2. The number of thioether (sulfide) groups is 1. The third kappa shape index (κ3) is 7.02. The molecule has 35 heavy (non-hydrogen) atoms. The molecule has 3 aromatic rings. The van der Waals surface area contributed by atoms with Gasteiger partial charge in [0.1, 0.15) is 11.5 Å². The second-order valence-corrected chi connectivity index (χ2v) is 10.1. The van der Waals surface area contributed by atoms with Crippen LogP contribution in [0.3, 0.4) is 0 Å². The summed E-state index contributed by atoms with van der Waals surface area (Å²) in [5.74, 6) is 1.76. The van der Waals surface area contributed by atoms with E-state index in [1.807, 2.05) is 81.4 Å². The number of benzene rings is 3. The van der Waals surface area contributed by atoms with Gasteiger partial charge in [-0.25, -0.2) is 0 Å². The first kappa shape index (κ1) is 26.2. The van der Waals surface area contributed by atoms with Crippen LogP contribution in [0.4, 0.5) is 5.69 Å². The third-order valence-electron chi connectivity index (χ3n) is 5.39. The average molecular weight is 493 g/mol. The molecule has 184 valence electrons. The molecular weight excluding hydrogens is 460 g/mol. The Morgan fingerprint density at radius 1 is 0.886 bits per heavy atom. The molecule has 3 aromatic carbocycles. The minimum Gasteiger partial charge on any atom is -0.496 e. The van der Waals surface area contributed by atoms with Crippen molar-refractivity contribution in [3.8, 4) is 11.5 Å². The van der Waals surface area contributed by atoms with Gasteiger partial charge in [0.05, 0.1) is 26.3 Å². The molecule has 0 spiro atoms. The van der Waals surface area contributed by atoms with E-state index in [1.165, 1.54) is 0 Å². The molecule has 0 fully saturated rings. The van der Waals surface area contributed by atoms with Gasteiger partial charge < -0.3 is 20.1 Å². The van der Waals surface area contributed by atoms with E-state index in [-0.39, 0.29) is 18.4 Å². The summed E-state index contributed by atoms with van der Waals surface area (Å²) in [6.07, 6.45) is 0. The van der Waals surface area contributed by atoms with Crippen molar-refractivity contribution in [2.24, 2.45) is 5.41 Å². The van der Waals surface area contributed by atoms with Gasteiger partial charge in [0.2, 0.25) is 5.91 Å². The highest BCUT2D eigenvalue weighted by molar-refractivity contribution is 7.98. The predicted octanol–water partition coefficient (Wildman–Crippen LogP) is 5.91. The van der Waals surface area contributed by atoms with Crippen molar-refractivity contribution in [2.75, 3.05) is 19.5 Å². The number of para-hydroxylation sites is 1. The van der Waals surface area contributed by atoms with Crippen LogP contribution in [0.2, 0.25) is 0 Å². The maximum atomic E-state index is 12.9. The average Bonchev–Trinajstić information content (AvgIpc) is 2.86. The van der Waals surface area contributed by atoms with Gasteiger partial charge in [-0.15, -0.1) is 11.8 Å². The molecule has 0 aromatic heterocycles. The summed E-state index contributed by atoms with van der Waals surface area (Å²) in [6.45, 7) is 5.95. The van der Waals surface area contributed by atoms with Gasteiger partial charge in [0.25, 0.3) is 5.91 Å². The fraction of sp³-hybridized carbons (Fsp3) is 0.286. The number of carbonyl (C=O) groups is 2. The van der Waals surface area contributed by atoms with Gasteiger partial charge in [-0.05, 0) is 42.0 Å². The smallest absolute Gasteiger partial charge is 0.251 e. The number of carbonyl (C=O) groups excluding carboxylic acids is 2. The molecule has 0 atom stereocenters. The predicted molar refractivity (Wildman–Crippen MR) is 141 cm³/mol.